The van der Waals surface area contributed by atoms with Gasteiger partial charge in [-0.05, 0) is 19.1 Å². The van der Waals surface area contributed by atoms with Crippen molar-refractivity contribution in [2.75, 3.05) is 7.11 Å². The van der Waals surface area contributed by atoms with Gasteiger partial charge in [0.25, 0.3) is 0 Å². The zero-order chi connectivity index (χ0) is 10.6. The van der Waals surface area contributed by atoms with Crippen molar-refractivity contribution in [3.63, 3.8) is 0 Å². The molecule has 0 aliphatic heterocycles. The van der Waals surface area contributed by atoms with Gasteiger partial charge in [-0.25, -0.2) is 0 Å². The van der Waals surface area contributed by atoms with E-state index in [1.165, 1.54) is 6.08 Å². The number of nitrogens with zero attached hydrogens (tertiary/aromatic N) is 1. The van der Waals surface area contributed by atoms with Crippen LogP contribution in [0.4, 0.5) is 0 Å². The molecule has 0 bridgehead atoms. The van der Waals surface area contributed by atoms with E-state index in [0.717, 1.165) is 11.1 Å². The Labute approximate surface area is 88.4 Å². The van der Waals surface area contributed by atoms with Crippen molar-refractivity contribution >= 4 is 16.6 Å². The molecule has 0 heterocycles. The SMILES string of the molecule is COc1ccc(C)cc1/C(Cl)=C/C#N. The highest BCUT2D eigenvalue weighted by molar-refractivity contribution is 6.49. The molecule has 1 aromatic carbocycles. The van der Waals surface area contributed by atoms with Crippen molar-refractivity contribution < 1.29 is 4.74 Å². The molecule has 0 radical (unpaired) electrons. The van der Waals surface area contributed by atoms with Gasteiger partial charge in [0.2, 0.25) is 0 Å². The average Bonchev–Trinajstić information content (AvgIpc) is 2.18. The Morgan fingerprint density at radius 3 is 2.86 bits per heavy atom. The lowest BCUT2D eigenvalue weighted by Crippen LogP contribution is -1.89. The number of halogens is 1. The van der Waals surface area contributed by atoms with Gasteiger partial charge in [-0.15, -0.1) is 0 Å². The van der Waals surface area contributed by atoms with Crippen LogP contribution in [-0.2, 0) is 0 Å². The third-order valence-electron chi connectivity index (χ3n) is 1.80. The van der Waals surface area contributed by atoms with Crippen LogP contribution in [0.3, 0.4) is 0 Å². The summed E-state index contributed by atoms with van der Waals surface area (Å²) in [6, 6.07) is 7.53. The first-order valence-corrected chi connectivity index (χ1v) is 4.47. The number of methoxy groups -OCH3 is 1. The summed E-state index contributed by atoms with van der Waals surface area (Å²) in [6.45, 7) is 1.96. The van der Waals surface area contributed by atoms with E-state index in [9.17, 15) is 0 Å². The van der Waals surface area contributed by atoms with Crippen LogP contribution in [0.25, 0.3) is 5.03 Å². The highest BCUT2D eigenvalue weighted by Crippen LogP contribution is 2.29. The standard InChI is InChI=1S/C11H10ClNO/c1-8-3-4-11(14-2)9(7-8)10(12)5-6-13/h3-5,7H,1-2H3/b10-5-. The van der Waals surface area contributed by atoms with E-state index in [2.05, 4.69) is 0 Å². The summed E-state index contributed by atoms with van der Waals surface area (Å²) in [4.78, 5) is 0. The van der Waals surface area contributed by atoms with E-state index in [1.807, 2.05) is 31.2 Å². The van der Waals surface area contributed by atoms with Gasteiger partial charge in [-0.3, -0.25) is 0 Å². The van der Waals surface area contributed by atoms with Crippen LogP contribution in [0.15, 0.2) is 24.3 Å². The van der Waals surface area contributed by atoms with Gasteiger partial charge < -0.3 is 4.74 Å². The van der Waals surface area contributed by atoms with E-state index in [1.54, 1.807) is 7.11 Å². The molecular formula is C11H10ClNO. The number of benzene rings is 1. The van der Waals surface area contributed by atoms with Gasteiger partial charge in [-0.2, -0.15) is 5.26 Å². The second kappa shape index (κ2) is 4.69. The minimum atomic E-state index is 0.396. The third-order valence-corrected chi connectivity index (χ3v) is 2.12. The Hall–Kier alpha value is -1.46. The fourth-order valence-electron chi connectivity index (χ4n) is 1.14. The molecule has 0 aromatic heterocycles. The fourth-order valence-corrected chi connectivity index (χ4v) is 1.34. The van der Waals surface area contributed by atoms with Gasteiger partial charge in [-0.1, -0.05) is 23.2 Å². The van der Waals surface area contributed by atoms with Crippen LogP contribution in [0.5, 0.6) is 5.75 Å². The van der Waals surface area contributed by atoms with Crippen LogP contribution in [0, 0.1) is 18.3 Å². The number of aryl methyl sites for hydroxylation is 1. The molecule has 0 saturated carbocycles. The molecule has 14 heavy (non-hydrogen) atoms. The van der Waals surface area contributed by atoms with E-state index >= 15 is 0 Å². The quantitative estimate of drug-likeness (QED) is 0.699. The predicted octanol–water partition coefficient (Wildman–Crippen LogP) is 3.11. The minimum Gasteiger partial charge on any atom is -0.496 e. The van der Waals surface area contributed by atoms with Crippen molar-refractivity contribution in [1.29, 1.82) is 5.26 Å². The van der Waals surface area contributed by atoms with Crippen molar-refractivity contribution in [1.82, 2.24) is 0 Å². The highest BCUT2D eigenvalue weighted by Gasteiger charge is 2.06. The Morgan fingerprint density at radius 1 is 1.57 bits per heavy atom. The summed E-state index contributed by atoms with van der Waals surface area (Å²) in [7, 11) is 1.57. The average molecular weight is 208 g/mol. The van der Waals surface area contributed by atoms with Crippen molar-refractivity contribution in [2.24, 2.45) is 0 Å². The lowest BCUT2D eigenvalue weighted by molar-refractivity contribution is 0.413. The third kappa shape index (κ3) is 2.27. The Morgan fingerprint density at radius 2 is 2.29 bits per heavy atom. The molecular weight excluding hydrogens is 198 g/mol. The van der Waals surface area contributed by atoms with Gasteiger partial charge >= 0.3 is 0 Å². The Balaban J connectivity index is 3.25. The molecule has 0 aliphatic rings. The fraction of sp³-hybridized carbons (Fsp3) is 0.182. The summed E-state index contributed by atoms with van der Waals surface area (Å²) in [5.74, 6) is 0.673. The predicted molar refractivity (Wildman–Crippen MR) is 57.2 cm³/mol. The van der Waals surface area contributed by atoms with Gasteiger partial charge in [0.05, 0.1) is 18.2 Å². The molecule has 0 saturated heterocycles. The largest absolute Gasteiger partial charge is 0.496 e. The second-order valence-electron chi connectivity index (χ2n) is 2.83. The van der Waals surface area contributed by atoms with E-state index < -0.39 is 0 Å². The highest BCUT2D eigenvalue weighted by atomic mass is 35.5. The molecule has 3 heteroatoms. The summed E-state index contributed by atoms with van der Waals surface area (Å²) >= 11 is 5.92. The van der Waals surface area contributed by atoms with Crippen LogP contribution in [0.2, 0.25) is 0 Å². The normalized spacial score (nSPS) is 10.9. The zero-order valence-corrected chi connectivity index (χ0v) is 8.80. The monoisotopic (exact) mass is 207 g/mol. The number of rotatable bonds is 2. The molecule has 0 amide bonds. The smallest absolute Gasteiger partial charge is 0.127 e. The van der Waals surface area contributed by atoms with Crippen LogP contribution in [0.1, 0.15) is 11.1 Å². The number of allylic oxidation sites excluding steroid dienone is 1. The first kappa shape index (κ1) is 10.6. The van der Waals surface area contributed by atoms with E-state index in [4.69, 9.17) is 21.6 Å². The zero-order valence-electron chi connectivity index (χ0n) is 8.04. The van der Waals surface area contributed by atoms with E-state index in [0.29, 0.717) is 10.8 Å². The van der Waals surface area contributed by atoms with Gasteiger partial charge in [0.15, 0.2) is 0 Å². The van der Waals surface area contributed by atoms with Gasteiger partial charge in [0, 0.05) is 11.6 Å². The number of hydrogen-bond donors (Lipinski definition) is 0. The molecule has 1 aromatic rings. The maximum Gasteiger partial charge on any atom is 0.127 e. The van der Waals surface area contributed by atoms with Crippen molar-refractivity contribution in [3.8, 4) is 11.8 Å². The first-order chi connectivity index (χ1) is 6.69. The Kier molecular flexibility index (Phi) is 3.55. The summed E-state index contributed by atoms with van der Waals surface area (Å²) in [5, 5.41) is 8.88. The molecule has 0 aliphatic carbocycles. The van der Waals surface area contributed by atoms with Crippen LogP contribution >= 0.6 is 11.6 Å². The lowest BCUT2D eigenvalue weighted by Gasteiger charge is -2.07. The number of nitriles is 1. The Bertz CT molecular complexity index is 404. The molecule has 72 valence electrons. The molecule has 0 atom stereocenters. The molecule has 0 fully saturated rings. The van der Waals surface area contributed by atoms with Gasteiger partial charge in [0.1, 0.15) is 5.75 Å². The maximum absolute atomic E-state index is 8.48. The second-order valence-corrected chi connectivity index (χ2v) is 3.23. The molecule has 2 nitrogen and oxygen atoms in total. The summed E-state index contributed by atoms with van der Waals surface area (Å²) < 4.78 is 5.13. The number of hydrogen-bond acceptors (Lipinski definition) is 2. The molecule has 1 rings (SSSR count). The topological polar surface area (TPSA) is 33.0 Å². The van der Waals surface area contributed by atoms with Crippen molar-refractivity contribution in [3.05, 3.63) is 35.4 Å². The van der Waals surface area contributed by atoms with Crippen LogP contribution in [-0.4, -0.2) is 7.11 Å². The maximum atomic E-state index is 8.48. The molecule has 0 N–H and O–H groups in total. The minimum absolute atomic E-state index is 0.396. The van der Waals surface area contributed by atoms with E-state index in [-0.39, 0.29) is 0 Å². The summed E-state index contributed by atoms with van der Waals surface area (Å²) in [5.41, 5.74) is 1.82. The molecule has 0 spiro atoms. The number of ether oxygens (including phenoxy) is 1. The summed E-state index contributed by atoms with van der Waals surface area (Å²) in [6.07, 6.45) is 1.29. The first-order valence-electron chi connectivity index (χ1n) is 4.09. The molecule has 0 unspecified atom stereocenters. The van der Waals surface area contributed by atoms with Crippen LogP contribution < -0.4 is 4.74 Å². The van der Waals surface area contributed by atoms with Crippen molar-refractivity contribution in [2.45, 2.75) is 6.92 Å². The lowest BCUT2D eigenvalue weighted by atomic mass is 10.1.